The van der Waals surface area contributed by atoms with Gasteiger partial charge in [-0.05, 0) is 48.6 Å². The molecule has 1 aliphatic carbocycles. The molecule has 0 aliphatic heterocycles. The molecule has 1 fully saturated rings. The summed E-state index contributed by atoms with van der Waals surface area (Å²) in [5, 5.41) is 0. The molecule has 0 radical (unpaired) electrons. The first-order chi connectivity index (χ1) is 11.6. The summed E-state index contributed by atoms with van der Waals surface area (Å²) in [6, 6.07) is 18.0. The van der Waals surface area contributed by atoms with Crippen LogP contribution in [0.15, 0.2) is 54.6 Å². The van der Waals surface area contributed by atoms with E-state index in [2.05, 4.69) is 13.8 Å². The number of benzene rings is 2. The van der Waals surface area contributed by atoms with Gasteiger partial charge in [-0.1, -0.05) is 44.2 Å². The highest BCUT2D eigenvalue weighted by atomic mass is 16.5. The summed E-state index contributed by atoms with van der Waals surface area (Å²) < 4.78 is 5.75. The topological polar surface area (TPSA) is 29.5 Å². The van der Waals surface area contributed by atoms with Crippen molar-refractivity contribution in [2.45, 2.75) is 39.3 Å². The maximum atomic E-state index is 12.7. The molecule has 3 heteroatoms. The van der Waals surface area contributed by atoms with Crippen molar-refractivity contribution in [1.29, 1.82) is 0 Å². The Morgan fingerprint density at radius 3 is 2.33 bits per heavy atom. The van der Waals surface area contributed by atoms with Crippen LogP contribution in [0.25, 0.3) is 0 Å². The number of nitrogens with zero attached hydrogens (tertiary/aromatic N) is 1. The van der Waals surface area contributed by atoms with Crippen LogP contribution in [0.3, 0.4) is 0 Å². The molecule has 0 heterocycles. The van der Waals surface area contributed by atoms with Crippen LogP contribution in [0.4, 0.5) is 0 Å². The van der Waals surface area contributed by atoms with E-state index in [-0.39, 0.29) is 5.91 Å². The lowest BCUT2D eigenvalue weighted by Crippen LogP contribution is -2.36. The highest BCUT2D eigenvalue weighted by molar-refractivity contribution is 5.94. The summed E-state index contributed by atoms with van der Waals surface area (Å²) in [5.41, 5.74) is 1.84. The zero-order valence-electron chi connectivity index (χ0n) is 14.4. The first-order valence-electron chi connectivity index (χ1n) is 8.71. The summed E-state index contributed by atoms with van der Waals surface area (Å²) in [4.78, 5) is 14.8. The van der Waals surface area contributed by atoms with Crippen molar-refractivity contribution in [3.05, 3.63) is 65.7 Å². The van der Waals surface area contributed by atoms with E-state index in [1.807, 2.05) is 59.5 Å². The first kappa shape index (κ1) is 16.6. The van der Waals surface area contributed by atoms with E-state index >= 15 is 0 Å². The molecular weight excluding hydrogens is 298 g/mol. The standard InChI is InChI=1S/C21H25NO2/c1-16(2)14-22(19-12-13-19)21(23)18-10-8-17(9-11-18)15-24-20-6-4-3-5-7-20/h3-11,16,19H,12-15H2,1-2H3. The number of ether oxygens (including phenoxy) is 1. The summed E-state index contributed by atoms with van der Waals surface area (Å²) >= 11 is 0. The second-order valence-corrected chi connectivity index (χ2v) is 6.88. The second-order valence-electron chi connectivity index (χ2n) is 6.88. The zero-order valence-corrected chi connectivity index (χ0v) is 14.4. The number of hydrogen-bond donors (Lipinski definition) is 0. The van der Waals surface area contributed by atoms with Gasteiger partial charge < -0.3 is 9.64 Å². The fraction of sp³-hybridized carbons (Fsp3) is 0.381. The van der Waals surface area contributed by atoms with Crippen LogP contribution in [-0.4, -0.2) is 23.4 Å². The van der Waals surface area contributed by atoms with Gasteiger partial charge >= 0.3 is 0 Å². The Morgan fingerprint density at radius 1 is 1.08 bits per heavy atom. The monoisotopic (exact) mass is 323 g/mol. The van der Waals surface area contributed by atoms with Crippen molar-refractivity contribution in [2.24, 2.45) is 5.92 Å². The minimum Gasteiger partial charge on any atom is -0.489 e. The largest absolute Gasteiger partial charge is 0.489 e. The van der Waals surface area contributed by atoms with Crippen LogP contribution in [0.5, 0.6) is 5.75 Å². The van der Waals surface area contributed by atoms with Crippen molar-refractivity contribution in [3.63, 3.8) is 0 Å². The van der Waals surface area contributed by atoms with Gasteiger partial charge in [-0.15, -0.1) is 0 Å². The third-order valence-corrected chi connectivity index (χ3v) is 4.16. The Bertz CT molecular complexity index is 660. The van der Waals surface area contributed by atoms with Gasteiger partial charge in [0, 0.05) is 18.2 Å². The molecular formula is C21H25NO2. The quantitative estimate of drug-likeness (QED) is 0.749. The molecule has 0 aromatic heterocycles. The average molecular weight is 323 g/mol. The van der Waals surface area contributed by atoms with Crippen molar-refractivity contribution >= 4 is 5.91 Å². The third-order valence-electron chi connectivity index (χ3n) is 4.16. The van der Waals surface area contributed by atoms with Gasteiger partial charge in [-0.3, -0.25) is 4.79 Å². The minimum atomic E-state index is 0.154. The molecule has 0 spiro atoms. The lowest BCUT2D eigenvalue weighted by molar-refractivity contribution is 0.0722. The predicted octanol–water partition coefficient (Wildman–Crippen LogP) is 4.53. The van der Waals surface area contributed by atoms with E-state index in [9.17, 15) is 4.79 Å². The van der Waals surface area contributed by atoms with Crippen LogP contribution in [0.1, 0.15) is 42.6 Å². The number of hydrogen-bond acceptors (Lipinski definition) is 2. The molecule has 1 amide bonds. The molecule has 3 nitrogen and oxygen atoms in total. The molecule has 1 aliphatic rings. The normalized spacial score (nSPS) is 13.8. The lowest BCUT2D eigenvalue weighted by atomic mass is 10.1. The molecule has 2 aromatic rings. The highest BCUT2D eigenvalue weighted by Gasteiger charge is 2.33. The van der Waals surface area contributed by atoms with Crippen LogP contribution in [0, 0.1) is 5.92 Å². The molecule has 0 saturated heterocycles. The van der Waals surface area contributed by atoms with E-state index in [0.29, 0.717) is 18.6 Å². The van der Waals surface area contributed by atoms with E-state index in [4.69, 9.17) is 4.74 Å². The number of carbonyl (C=O) groups is 1. The molecule has 2 aromatic carbocycles. The fourth-order valence-corrected chi connectivity index (χ4v) is 2.77. The maximum absolute atomic E-state index is 12.7. The molecule has 0 unspecified atom stereocenters. The summed E-state index contributed by atoms with van der Waals surface area (Å²) in [7, 11) is 0. The lowest BCUT2D eigenvalue weighted by Gasteiger charge is -2.24. The predicted molar refractivity (Wildman–Crippen MR) is 96.1 cm³/mol. The molecule has 126 valence electrons. The van der Waals surface area contributed by atoms with Gasteiger partial charge in [0.1, 0.15) is 12.4 Å². The van der Waals surface area contributed by atoms with Gasteiger partial charge in [-0.25, -0.2) is 0 Å². The van der Waals surface area contributed by atoms with Gasteiger partial charge in [-0.2, -0.15) is 0 Å². The highest BCUT2D eigenvalue weighted by Crippen LogP contribution is 2.29. The van der Waals surface area contributed by atoms with E-state index in [1.165, 1.54) is 0 Å². The molecule has 0 bridgehead atoms. The van der Waals surface area contributed by atoms with Crippen molar-refractivity contribution in [1.82, 2.24) is 4.90 Å². The van der Waals surface area contributed by atoms with Crippen molar-refractivity contribution in [2.75, 3.05) is 6.54 Å². The van der Waals surface area contributed by atoms with Crippen LogP contribution >= 0.6 is 0 Å². The zero-order chi connectivity index (χ0) is 16.9. The van der Waals surface area contributed by atoms with Crippen LogP contribution < -0.4 is 4.74 Å². The minimum absolute atomic E-state index is 0.154. The fourth-order valence-electron chi connectivity index (χ4n) is 2.77. The molecule has 24 heavy (non-hydrogen) atoms. The first-order valence-corrected chi connectivity index (χ1v) is 8.71. The van der Waals surface area contributed by atoms with Crippen LogP contribution in [0.2, 0.25) is 0 Å². The summed E-state index contributed by atoms with van der Waals surface area (Å²) in [5.74, 6) is 1.50. The second kappa shape index (κ2) is 7.52. The molecule has 0 N–H and O–H groups in total. The number of rotatable bonds is 7. The Kier molecular flexibility index (Phi) is 5.19. The number of carbonyl (C=O) groups excluding carboxylic acids is 1. The molecule has 1 saturated carbocycles. The van der Waals surface area contributed by atoms with E-state index in [1.54, 1.807) is 0 Å². The molecule has 3 rings (SSSR count). The van der Waals surface area contributed by atoms with Gasteiger partial charge in [0.2, 0.25) is 0 Å². The molecule has 0 atom stereocenters. The van der Waals surface area contributed by atoms with Gasteiger partial charge in [0.25, 0.3) is 5.91 Å². The smallest absolute Gasteiger partial charge is 0.254 e. The van der Waals surface area contributed by atoms with E-state index in [0.717, 1.165) is 36.3 Å². The van der Waals surface area contributed by atoms with Crippen molar-refractivity contribution < 1.29 is 9.53 Å². The Labute approximate surface area is 144 Å². The van der Waals surface area contributed by atoms with Crippen LogP contribution in [-0.2, 0) is 6.61 Å². The summed E-state index contributed by atoms with van der Waals surface area (Å²) in [6.45, 7) is 5.67. The van der Waals surface area contributed by atoms with Gasteiger partial charge in [0.05, 0.1) is 0 Å². The van der Waals surface area contributed by atoms with Gasteiger partial charge in [0.15, 0.2) is 0 Å². The summed E-state index contributed by atoms with van der Waals surface area (Å²) in [6.07, 6.45) is 2.28. The Hall–Kier alpha value is -2.29. The Morgan fingerprint density at radius 2 is 1.75 bits per heavy atom. The van der Waals surface area contributed by atoms with E-state index < -0.39 is 0 Å². The number of amides is 1. The Balaban J connectivity index is 1.61. The maximum Gasteiger partial charge on any atom is 0.254 e. The SMILES string of the molecule is CC(C)CN(C(=O)c1ccc(COc2ccccc2)cc1)C1CC1. The third kappa shape index (κ3) is 4.38. The van der Waals surface area contributed by atoms with Crippen molar-refractivity contribution in [3.8, 4) is 5.75 Å². The average Bonchev–Trinajstić information content (AvgIpc) is 3.43. The number of para-hydroxylation sites is 1.